The Morgan fingerprint density at radius 1 is 0.396 bits per heavy atom. The minimum atomic E-state index is -0.222. The normalized spacial score (nSPS) is 13.8. The topological polar surface area (TPSA) is 3.24 Å². The van der Waals surface area contributed by atoms with Gasteiger partial charge in [0, 0.05) is 51.4 Å². The van der Waals surface area contributed by atoms with Crippen LogP contribution in [0.15, 0.2) is 152 Å². The van der Waals surface area contributed by atoms with Crippen LogP contribution in [0.1, 0.15) is 25.0 Å². The zero-order valence-corrected chi connectivity index (χ0v) is 28.3. The summed E-state index contributed by atoms with van der Waals surface area (Å²) >= 11 is 3.75. The van der Waals surface area contributed by atoms with Gasteiger partial charge in [0.25, 0.3) is 0 Å². The van der Waals surface area contributed by atoms with Crippen LogP contribution < -0.4 is 4.90 Å². The van der Waals surface area contributed by atoms with Gasteiger partial charge in [-0.3, -0.25) is 0 Å². The van der Waals surface area contributed by atoms with E-state index in [2.05, 4.69) is 170 Å². The molecule has 3 heterocycles. The minimum Gasteiger partial charge on any atom is -0.310 e. The molecule has 9 aromatic rings. The van der Waals surface area contributed by atoms with Gasteiger partial charge in [-0.15, -0.1) is 22.7 Å². The zero-order chi connectivity index (χ0) is 32.0. The fourth-order valence-corrected chi connectivity index (χ4v) is 9.94. The van der Waals surface area contributed by atoms with Crippen molar-refractivity contribution in [2.75, 3.05) is 4.90 Å². The van der Waals surface area contributed by atoms with E-state index in [-0.39, 0.29) is 5.41 Å². The van der Waals surface area contributed by atoms with E-state index in [1.54, 1.807) is 0 Å². The fourth-order valence-electron chi connectivity index (χ4n) is 7.76. The molecule has 1 aliphatic rings. The fraction of sp³-hybridized carbons (Fsp3) is 0.0667. The molecule has 1 nitrogen and oxygen atoms in total. The van der Waals surface area contributed by atoms with Crippen molar-refractivity contribution in [1.82, 2.24) is 0 Å². The molecule has 0 bridgehead atoms. The summed E-state index contributed by atoms with van der Waals surface area (Å²) in [5.74, 6) is 0. The minimum absolute atomic E-state index is 0.222. The summed E-state index contributed by atoms with van der Waals surface area (Å²) < 4.78 is 5.36. The number of rotatable bonds is 3. The molecular formula is C45H31NS2. The largest absolute Gasteiger partial charge is 0.310 e. The predicted molar refractivity (Wildman–Crippen MR) is 210 cm³/mol. The third kappa shape index (κ3) is 4.14. The molecule has 0 fully saturated rings. The van der Waals surface area contributed by atoms with Crippen LogP contribution in [0.4, 0.5) is 17.1 Å². The van der Waals surface area contributed by atoms with Gasteiger partial charge in [-0.2, -0.15) is 0 Å². The Kier molecular flexibility index (Phi) is 6.03. The van der Waals surface area contributed by atoms with Crippen LogP contribution in [-0.2, 0) is 5.41 Å². The van der Waals surface area contributed by atoms with Crippen molar-refractivity contribution in [3.8, 4) is 22.3 Å². The Morgan fingerprint density at radius 2 is 0.812 bits per heavy atom. The highest BCUT2D eigenvalue weighted by Gasteiger charge is 2.37. The summed E-state index contributed by atoms with van der Waals surface area (Å²) in [6, 6.07) is 56.4. The number of nitrogens with zero attached hydrogens (tertiary/aromatic N) is 1. The molecule has 0 N–H and O–H groups in total. The molecule has 0 unspecified atom stereocenters. The second-order valence-electron chi connectivity index (χ2n) is 13.4. The summed E-state index contributed by atoms with van der Waals surface area (Å²) in [4.78, 5) is 2.45. The van der Waals surface area contributed by atoms with Gasteiger partial charge in [-0.05, 0) is 106 Å². The predicted octanol–water partition coefficient (Wildman–Crippen LogP) is 13.9. The Labute approximate surface area is 288 Å². The van der Waals surface area contributed by atoms with E-state index in [1.165, 1.54) is 90.8 Å². The molecule has 0 aliphatic carbocycles. The molecule has 1 aliphatic heterocycles. The molecule has 228 valence electrons. The number of hydrogen-bond donors (Lipinski definition) is 0. The molecule has 48 heavy (non-hydrogen) atoms. The van der Waals surface area contributed by atoms with Gasteiger partial charge in [0.15, 0.2) is 0 Å². The second-order valence-corrected chi connectivity index (χ2v) is 15.5. The van der Waals surface area contributed by atoms with E-state index in [4.69, 9.17) is 0 Å². The van der Waals surface area contributed by atoms with E-state index < -0.39 is 0 Å². The van der Waals surface area contributed by atoms with Gasteiger partial charge in [0.2, 0.25) is 0 Å². The Hall–Kier alpha value is -5.22. The Morgan fingerprint density at radius 3 is 1.33 bits per heavy atom. The molecule has 0 saturated heterocycles. The highest BCUT2D eigenvalue weighted by molar-refractivity contribution is 7.26. The Balaban J connectivity index is 1.15. The molecular weight excluding hydrogens is 619 g/mol. The maximum Gasteiger partial charge on any atom is 0.0503 e. The summed E-state index contributed by atoms with van der Waals surface area (Å²) in [5.41, 5.74) is 11.1. The molecule has 7 aromatic carbocycles. The van der Waals surface area contributed by atoms with Crippen molar-refractivity contribution < 1.29 is 0 Å². The van der Waals surface area contributed by atoms with Crippen molar-refractivity contribution in [1.29, 1.82) is 0 Å². The van der Waals surface area contributed by atoms with Crippen molar-refractivity contribution in [3.05, 3.63) is 163 Å². The van der Waals surface area contributed by atoms with Gasteiger partial charge < -0.3 is 4.90 Å². The zero-order valence-electron chi connectivity index (χ0n) is 26.7. The van der Waals surface area contributed by atoms with Crippen LogP contribution in [0.5, 0.6) is 0 Å². The number of benzene rings is 7. The molecule has 0 saturated carbocycles. The summed E-state index contributed by atoms with van der Waals surface area (Å²) in [5, 5.41) is 5.34. The van der Waals surface area contributed by atoms with Crippen LogP contribution >= 0.6 is 22.7 Å². The number of thiophene rings is 2. The van der Waals surface area contributed by atoms with Gasteiger partial charge in [-0.25, -0.2) is 0 Å². The van der Waals surface area contributed by atoms with Crippen LogP contribution in [0, 0.1) is 0 Å². The maximum absolute atomic E-state index is 2.45. The molecule has 10 rings (SSSR count). The first-order valence-corrected chi connectivity index (χ1v) is 18.1. The van der Waals surface area contributed by atoms with Crippen molar-refractivity contribution in [3.63, 3.8) is 0 Å². The van der Waals surface area contributed by atoms with E-state index in [9.17, 15) is 0 Å². The van der Waals surface area contributed by atoms with Crippen molar-refractivity contribution in [2.24, 2.45) is 0 Å². The average molecular weight is 650 g/mol. The van der Waals surface area contributed by atoms with Crippen molar-refractivity contribution in [2.45, 2.75) is 19.3 Å². The second kappa shape index (κ2) is 10.4. The summed E-state index contributed by atoms with van der Waals surface area (Å²) in [6.07, 6.45) is 0. The standard InChI is InChI=1S/C45H31NS2/c1-45(2)37-26-30(28-18-22-43-35(24-28)33-12-6-8-14-41(33)47-43)16-20-39(37)46(32-10-4-3-5-11-32)40-21-17-31(27-38(40)45)29-19-23-44-36(25-29)34-13-7-9-15-42(34)48-44/h3-27H,1-2H3. The maximum atomic E-state index is 2.45. The third-order valence-electron chi connectivity index (χ3n) is 10.3. The highest BCUT2D eigenvalue weighted by Crippen LogP contribution is 2.53. The smallest absolute Gasteiger partial charge is 0.0503 e. The third-order valence-corrected chi connectivity index (χ3v) is 12.6. The summed E-state index contributed by atoms with van der Waals surface area (Å²) in [6.45, 7) is 4.79. The van der Waals surface area contributed by atoms with E-state index in [0.29, 0.717) is 0 Å². The van der Waals surface area contributed by atoms with Gasteiger partial charge in [0.05, 0.1) is 11.4 Å². The molecule has 3 heteroatoms. The molecule has 0 atom stereocenters. The molecule has 0 radical (unpaired) electrons. The quantitative estimate of drug-likeness (QED) is 0.184. The van der Waals surface area contributed by atoms with E-state index in [1.807, 2.05) is 22.7 Å². The molecule has 2 aromatic heterocycles. The SMILES string of the molecule is CC1(C)c2cc(-c3ccc4sc5ccccc5c4c3)ccc2N(c2ccccc2)c2ccc(-c3ccc4sc5ccccc5c4c3)cc21. The number of para-hydroxylation sites is 1. The summed E-state index contributed by atoms with van der Waals surface area (Å²) in [7, 11) is 0. The lowest BCUT2D eigenvalue weighted by Crippen LogP contribution is -2.30. The number of hydrogen-bond acceptors (Lipinski definition) is 3. The van der Waals surface area contributed by atoms with Crippen LogP contribution in [0.3, 0.4) is 0 Å². The monoisotopic (exact) mass is 649 g/mol. The van der Waals surface area contributed by atoms with Crippen LogP contribution in [-0.4, -0.2) is 0 Å². The van der Waals surface area contributed by atoms with Gasteiger partial charge >= 0.3 is 0 Å². The molecule has 0 amide bonds. The number of fused-ring (bicyclic) bond motifs is 8. The first kappa shape index (κ1) is 27.9. The van der Waals surface area contributed by atoms with Crippen LogP contribution in [0.2, 0.25) is 0 Å². The lowest BCUT2D eigenvalue weighted by Gasteiger charge is -2.42. The first-order valence-electron chi connectivity index (χ1n) is 16.5. The number of anilines is 3. The lowest BCUT2D eigenvalue weighted by atomic mass is 9.72. The molecule has 0 spiro atoms. The van der Waals surface area contributed by atoms with Gasteiger partial charge in [0.1, 0.15) is 0 Å². The highest BCUT2D eigenvalue weighted by atomic mass is 32.1. The van der Waals surface area contributed by atoms with E-state index >= 15 is 0 Å². The van der Waals surface area contributed by atoms with E-state index in [0.717, 1.165) is 0 Å². The average Bonchev–Trinajstić information content (AvgIpc) is 3.70. The lowest BCUT2D eigenvalue weighted by molar-refractivity contribution is 0.632. The first-order chi connectivity index (χ1) is 23.5. The van der Waals surface area contributed by atoms with Crippen molar-refractivity contribution >= 4 is 80.1 Å². The van der Waals surface area contributed by atoms with Gasteiger partial charge in [-0.1, -0.05) is 92.7 Å². The Bertz CT molecular complexity index is 2540. The van der Waals surface area contributed by atoms with Crippen LogP contribution in [0.25, 0.3) is 62.6 Å².